The number of carbonyl (C=O) groups excluding carboxylic acids is 1. The zero-order chi connectivity index (χ0) is 18.0. The van der Waals surface area contributed by atoms with Gasteiger partial charge < -0.3 is 15.2 Å². The number of hydrogen-bond acceptors (Lipinski definition) is 3. The zero-order valence-corrected chi connectivity index (χ0v) is 15.0. The van der Waals surface area contributed by atoms with Crippen molar-refractivity contribution in [2.75, 3.05) is 7.11 Å². The molecule has 0 fully saturated rings. The topological polar surface area (TPSA) is 58.6 Å². The van der Waals surface area contributed by atoms with E-state index < -0.39 is 11.5 Å². The van der Waals surface area contributed by atoms with E-state index in [0.29, 0.717) is 12.8 Å². The Morgan fingerprint density at radius 2 is 1.88 bits per heavy atom. The monoisotopic (exact) mass is 339 g/mol. The van der Waals surface area contributed by atoms with Gasteiger partial charge in [0.2, 0.25) is 5.91 Å². The fourth-order valence-corrected chi connectivity index (χ4v) is 3.49. The van der Waals surface area contributed by atoms with Crippen LogP contribution in [0.25, 0.3) is 0 Å². The zero-order valence-electron chi connectivity index (χ0n) is 15.0. The molecule has 1 aliphatic rings. The Hall–Kier alpha value is -2.33. The van der Waals surface area contributed by atoms with Gasteiger partial charge in [-0.05, 0) is 29.2 Å². The van der Waals surface area contributed by atoms with E-state index >= 15 is 0 Å². The predicted octanol–water partition coefficient (Wildman–Crippen LogP) is 3.04. The first-order valence-corrected chi connectivity index (χ1v) is 8.61. The van der Waals surface area contributed by atoms with Crippen LogP contribution >= 0.6 is 0 Å². The molecule has 0 aliphatic heterocycles. The highest BCUT2D eigenvalue weighted by atomic mass is 16.5. The van der Waals surface area contributed by atoms with Crippen LogP contribution < -0.4 is 10.1 Å². The minimum atomic E-state index is -0.619. The van der Waals surface area contributed by atoms with Crippen molar-refractivity contribution in [3.8, 4) is 5.75 Å². The number of ether oxygens (including phenoxy) is 1. The smallest absolute Gasteiger partial charge is 0.226 e. The summed E-state index contributed by atoms with van der Waals surface area (Å²) < 4.78 is 5.40. The molecule has 0 radical (unpaired) electrons. The van der Waals surface area contributed by atoms with E-state index in [9.17, 15) is 9.90 Å². The Balaban J connectivity index is 1.76. The molecule has 132 valence electrons. The van der Waals surface area contributed by atoms with Crippen molar-refractivity contribution in [3.05, 3.63) is 65.2 Å². The van der Waals surface area contributed by atoms with Crippen LogP contribution in [0.4, 0.5) is 0 Å². The van der Waals surface area contributed by atoms with Gasteiger partial charge in [-0.3, -0.25) is 4.79 Å². The van der Waals surface area contributed by atoms with Gasteiger partial charge in [0.1, 0.15) is 5.75 Å². The summed E-state index contributed by atoms with van der Waals surface area (Å²) >= 11 is 0. The molecule has 3 rings (SSSR count). The van der Waals surface area contributed by atoms with Crippen molar-refractivity contribution < 1.29 is 14.6 Å². The maximum absolute atomic E-state index is 12.9. The number of para-hydroxylation sites is 1. The van der Waals surface area contributed by atoms with Crippen molar-refractivity contribution in [2.45, 2.75) is 38.8 Å². The Bertz CT molecular complexity index is 769. The Morgan fingerprint density at radius 1 is 1.20 bits per heavy atom. The van der Waals surface area contributed by atoms with Crippen LogP contribution in [0.5, 0.6) is 5.75 Å². The van der Waals surface area contributed by atoms with Gasteiger partial charge >= 0.3 is 0 Å². The molecular weight excluding hydrogens is 314 g/mol. The highest BCUT2D eigenvalue weighted by molar-refractivity contribution is 5.83. The second kappa shape index (κ2) is 6.89. The third-order valence-electron chi connectivity index (χ3n) is 4.93. The third kappa shape index (κ3) is 3.54. The molecule has 2 aromatic carbocycles. The van der Waals surface area contributed by atoms with E-state index in [1.54, 1.807) is 7.11 Å². The fraction of sp³-hybridized carbons (Fsp3) is 0.381. The number of amides is 1. The van der Waals surface area contributed by atoms with Crippen LogP contribution in [-0.4, -0.2) is 24.2 Å². The highest BCUT2D eigenvalue weighted by Gasteiger charge is 2.36. The predicted molar refractivity (Wildman–Crippen MR) is 97.5 cm³/mol. The third-order valence-corrected chi connectivity index (χ3v) is 4.93. The molecule has 4 heteroatoms. The normalized spacial score (nSPS) is 19.4. The lowest BCUT2D eigenvalue weighted by Crippen LogP contribution is -2.42. The largest absolute Gasteiger partial charge is 0.496 e. The Morgan fingerprint density at radius 3 is 2.64 bits per heavy atom. The minimum Gasteiger partial charge on any atom is -0.496 e. The van der Waals surface area contributed by atoms with Gasteiger partial charge in [0, 0.05) is 11.8 Å². The van der Waals surface area contributed by atoms with Crippen molar-refractivity contribution in [2.24, 2.45) is 5.41 Å². The lowest BCUT2D eigenvalue weighted by molar-refractivity contribution is -0.130. The van der Waals surface area contributed by atoms with Gasteiger partial charge in [-0.15, -0.1) is 0 Å². The lowest BCUT2D eigenvalue weighted by Gasteiger charge is -2.28. The van der Waals surface area contributed by atoms with Gasteiger partial charge in [-0.2, -0.15) is 0 Å². The number of rotatable bonds is 5. The number of aliphatic hydroxyl groups excluding tert-OH is 1. The van der Waals surface area contributed by atoms with Gasteiger partial charge in [-0.1, -0.05) is 56.3 Å². The maximum atomic E-state index is 12.9. The van der Waals surface area contributed by atoms with Crippen LogP contribution in [0.15, 0.2) is 48.5 Å². The SMILES string of the molecule is COc1ccccc1CC(C)(C)C(=O)NC1c2ccccc2CC1O. The molecule has 0 heterocycles. The van der Waals surface area contributed by atoms with Crippen LogP contribution in [-0.2, 0) is 17.6 Å². The van der Waals surface area contributed by atoms with Crippen molar-refractivity contribution >= 4 is 5.91 Å². The van der Waals surface area contributed by atoms with E-state index in [0.717, 1.165) is 22.4 Å². The van der Waals surface area contributed by atoms with Gasteiger partial charge in [0.15, 0.2) is 0 Å². The van der Waals surface area contributed by atoms with E-state index in [-0.39, 0.29) is 11.9 Å². The second-order valence-electron chi connectivity index (χ2n) is 7.29. The Labute approximate surface area is 148 Å². The quantitative estimate of drug-likeness (QED) is 0.880. The van der Waals surface area contributed by atoms with Crippen molar-refractivity contribution in [1.82, 2.24) is 5.32 Å². The maximum Gasteiger partial charge on any atom is 0.226 e. The number of methoxy groups -OCH3 is 1. The molecule has 1 amide bonds. The van der Waals surface area contributed by atoms with E-state index in [1.807, 2.05) is 62.4 Å². The van der Waals surface area contributed by atoms with Crippen LogP contribution in [0, 0.1) is 5.41 Å². The van der Waals surface area contributed by atoms with Gasteiger partial charge in [0.05, 0.1) is 19.3 Å². The van der Waals surface area contributed by atoms with Gasteiger partial charge in [0.25, 0.3) is 0 Å². The summed E-state index contributed by atoms with van der Waals surface area (Å²) in [5, 5.41) is 13.4. The number of fused-ring (bicyclic) bond motifs is 1. The van der Waals surface area contributed by atoms with E-state index in [4.69, 9.17) is 4.74 Å². The summed E-state index contributed by atoms with van der Waals surface area (Å²) in [5.41, 5.74) is 2.49. The molecule has 2 unspecified atom stereocenters. The van der Waals surface area contributed by atoms with Crippen LogP contribution in [0.3, 0.4) is 0 Å². The van der Waals surface area contributed by atoms with Crippen LogP contribution in [0.1, 0.15) is 36.6 Å². The molecule has 1 aliphatic carbocycles. The molecular formula is C21H25NO3. The average molecular weight is 339 g/mol. The summed E-state index contributed by atoms with van der Waals surface area (Å²) in [6.07, 6.45) is 0.560. The molecule has 0 spiro atoms. The number of aliphatic hydroxyl groups is 1. The molecule has 0 aromatic heterocycles. The molecule has 2 N–H and O–H groups in total. The Kier molecular flexibility index (Phi) is 4.82. The second-order valence-corrected chi connectivity index (χ2v) is 7.29. The summed E-state index contributed by atoms with van der Waals surface area (Å²) in [4.78, 5) is 12.9. The molecule has 0 saturated heterocycles. The standard InChI is InChI=1S/C21H25NO3/c1-21(2,13-15-9-5-7-11-18(15)25-3)20(24)22-19-16-10-6-4-8-14(16)12-17(19)23/h4-11,17,19,23H,12-13H2,1-3H3,(H,22,24). The minimum absolute atomic E-state index is 0.0702. The van der Waals surface area contributed by atoms with Gasteiger partial charge in [-0.25, -0.2) is 0 Å². The number of nitrogens with one attached hydrogen (secondary N) is 1. The fourth-order valence-electron chi connectivity index (χ4n) is 3.49. The van der Waals surface area contributed by atoms with Crippen molar-refractivity contribution in [3.63, 3.8) is 0 Å². The molecule has 4 nitrogen and oxygen atoms in total. The highest BCUT2D eigenvalue weighted by Crippen LogP contribution is 2.33. The molecule has 2 atom stereocenters. The first-order chi connectivity index (χ1) is 11.9. The lowest BCUT2D eigenvalue weighted by atomic mass is 9.84. The molecule has 0 bridgehead atoms. The average Bonchev–Trinajstić information content (AvgIpc) is 2.91. The first kappa shape index (κ1) is 17.5. The van der Waals surface area contributed by atoms with E-state index in [2.05, 4.69) is 5.32 Å². The number of hydrogen-bond donors (Lipinski definition) is 2. The molecule has 2 aromatic rings. The summed E-state index contributed by atoms with van der Waals surface area (Å²) in [6.45, 7) is 3.84. The summed E-state index contributed by atoms with van der Waals surface area (Å²) in [7, 11) is 1.64. The number of benzene rings is 2. The summed E-state index contributed by atoms with van der Waals surface area (Å²) in [6, 6.07) is 15.3. The van der Waals surface area contributed by atoms with Crippen LogP contribution in [0.2, 0.25) is 0 Å². The van der Waals surface area contributed by atoms with E-state index in [1.165, 1.54) is 0 Å². The van der Waals surface area contributed by atoms with Crippen molar-refractivity contribution in [1.29, 1.82) is 0 Å². The summed E-state index contributed by atoms with van der Waals surface area (Å²) in [5.74, 6) is 0.716. The first-order valence-electron chi connectivity index (χ1n) is 8.61. The molecule has 0 saturated carbocycles. The molecule has 25 heavy (non-hydrogen) atoms. The number of carbonyl (C=O) groups is 1.